The van der Waals surface area contributed by atoms with E-state index in [9.17, 15) is 4.79 Å². The van der Waals surface area contributed by atoms with Crippen molar-refractivity contribution in [3.05, 3.63) is 55.0 Å². The van der Waals surface area contributed by atoms with Crippen molar-refractivity contribution in [2.45, 2.75) is 40.2 Å². The zero-order valence-corrected chi connectivity index (χ0v) is 15.7. The topological polar surface area (TPSA) is 68.0 Å². The minimum Gasteiger partial charge on any atom is -0.361 e. The van der Waals surface area contributed by atoms with E-state index in [0.29, 0.717) is 23.4 Å². The Morgan fingerprint density at radius 2 is 2.08 bits per heavy atom. The van der Waals surface area contributed by atoms with E-state index in [1.807, 2.05) is 19.2 Å². The summed E-state index contributed by atoms with van der Waals surface area (Å²) in [5, 5.41) is 12.0. The Bertz CT molecular complexity index is 810. The number of aromatic nitrogens is 2. The molecular formula is C17H19N3O2S2. The van der Waals surface area contributed by atoms with Crippen molar-refractivity contribution in [2.24, 2.45) is 0 Å². The fraction of sp³-hybridized carbons (Fsp3) is 0.353. The Hall–Kier alpha value is -1.99. The van der Waals surface area contributed by atoms with Crippen molar-refractivity contribution in [2.75, 3.05) is 0 Å². The number of rotatable bonds is 5. The van der Waals surface area contributed by atoms with Crippen LogP contribution in [0.3, 0.4) is 0 Å². The molecule has 3 aromatic rings. The van der Waals surface area contributed by atoms with Gasteiger partial charge < -0.3 is 9.84 Å². The maximum atomic E-state index is 12.7. The molecule has 3 aromatic heterocycles. The molecule has 1 amide bonds. The lowest BCUT2D eigenvalue weighted by molar-refractivity contribution is 0.0934. The smallest absolute Gasteiger partial charge is 0.257 e. The van der Waals surface area contributed by atoms with Crippen molar-refractivity contribution in [3.63, 3.8) is 0 Å². The van der Waals surface area contributed by atoms with E-state index < -0.39 is 0 Å². The van der Waals surface area contributed by atoms with Gasteiger partial charge in [0.2, 0.25) is 0 Å². The van der Waals surface area contributed by atoms with Gasteiger partial charge in [-0.05, 0) is 50.1 Å². The third-order valence-electron chi connectivity index (χ3n) is 3.93. The van der Waals surface area contributed by atoms with Gasteiger partial charge in [-0.25, -0.2) is 4.98 Å². The van der Waals surface area contributed by atoms with Gasteiger partial charge in [0, 0.05) is 11.3 Å². The summed E-state index contributed by atoms with van der Waals surface area (Å²) in [6, 6.07) is 1.91. The number of carbonyl (C=O) groups excluding carboxylic acids is 1. The molecule has 3 rings (SSSR count). The largest absolute Gasteiger partial charge is 0.361 e. The number of nitrogens with zero attached hydrogens (tertiary/aromatic N) is 2. The Morgan fingerprint density at radius 3 is 2.62 bits per heavy atom. The van der Waals surface area contributed by atoms with Crippen LogP contribution < -0.4 is 5.32 Å². The van der Waals surface area contributed by atoms with Crippen LogP contribution in [-0.2, 0) is 6.42 Å². The van der Waals surface area contributed by atoms with Gasteiger partial charge >= 0.3 is 0 Å². The molecular weight excluding hydrogens is 342 g/mol. The predicted octanol–water partition coefficient (Wildman–Crippen LogP) is 4.14. The number of nitrogens with one attached hydrogen (secondary N) is 1. The maximum absolute atomic E-state index is 12.7. The van der Waals surface area contributed by atoms with Crippen LogP contribution in [0.1, 0.15) is 49.0 Å². The average molecular weight is 361 g/mol. The number of carbonyl (C=O) groups is 1. The van der Waals surface area contributed by atoms with E-state index in [1.54, 1.807) is 36.5 Å². The van der Waals surface area contributed by atoms with Gasteiger partial charge in [0.15, 0.2) is 0 Å². The van der Waals surface area contributed by atoms with Crippen LogP contribution in [0.4, 0.5) is 0 Å². The zero-order chi connectivity index (χ0) is 17.3. The molecule has 0 aliphatic carbocycles. The number of amides is 1. The van der Waals surface area contributed by atoms with E-state index >= 15 is 0 Å². The molecule has 0 aromatic carbocycles. The molecule has 1 N–H and O–H groups in total. The summed E-state index contributed by atoms with van der Waals surface area (Å²) in [5.74, 6) is 0.364. The highest BCUT2D eigenvalue weighted by molar-refractivity contribution is 7.11. The fourth-order valence-electron chi connectivity index (χ4n) is 2.53. The normalized spacial score (nSPS) is 12.3. The number of hydrogen-bond donors (Lipinski definition) is 1. The SMILES string of the molecule is Cc1nc([C@@H](Cc2ccsc2)NC(=O)c2c(C)noc2C)sc1C. The Kier molecular flexibility index (Phi) is 4.82. The molecule has 0 saturated carbocycles. The van der Waals surface area contributed by atoms with Gasteiger partial charge in [0.05, 0.1) is 17.4 Å². The van der Waals surface area contributed by atoms with Crippen LogP contribution in [0.5, 0.6) is 0 Å². The lowest BCUT2D eigenvalue weighted by atomic mass is 10.1. The fourth-order valence-corrected chi connectivity index (χ4v) is 4.18. The summed E-state index contributed by atoms with van der Waals surface area (Å²) in [5.41, 5.74) is 3.31. The Morgan fingerprint density at radius 1 is 1.29 bits per heavy atom. The summed E-state index contributed by atoms with van der Waals surface area (Å²) in [6.45, 7) is 7.57. The number of thiophene rings is 1. The van der Waals surface area contributed by atoms with Crippen LogP contribution in [0.25, 0.3) is 0 Å². The molecule has 0 aliphatic heterocycles. The second-order valence-electron chi connectivity index (χ2n) is 5.75. The van der Waals surface area contributed by atoms with Gasteiger partial charge in [-0.15, -0.1) is 11.3 Å². The van der Waals surface area contributed by atoms with Crippen LogP contribution in [0.2, 0.25) is 0 Å². The maximum Gasteiger partial charge on any atom is 0.257 e. The van der Waals surface area contributed by atoms with E-state index in [4.69, 9.17) is 4.52 Å². The summed E-state index contributed by atoms with van der Waals surface area (Å²) in [6.07, 6.45) is 0.713. The standard InChI is InChI=1S/C17H19N3O2S2/c1-9-12(4)24-17(18-9)14(7-13-5-6-23-8-13)19-16(21)15-10(2)20-22-11(15)3/h5-6,8,14H,7H2,1-4H3,(H,19,21)/t14-/m1/s1. The van der Waals surface area contributed by atoms with Crippen molar-refractivity contribution in [1.29, 1.82) is 0 Å². The van der Waals surface area contributed by atoms with Crippen LogP contribution in [0, 0.1) is 27.7 Å². The average Bonchev–Trinajstić information content (AvgIpc) is 3.22. The van der Waals surface area contributed by atoms with E-state index in [-0.39, 0.29) is 11.9 Å². The number of hydrogen-bond acceptors (Lipinski definition) is 6. The number of thiazole rings is 1. The van der Waals surface area contributed by atoms with E-state index in [2.05, 4.69) is 26.9 Å². The monoisotopic (exact) mass is 361 g/mol. The molecule has 0 fully saturated rings. The molecule has 0 spiro atoms. The molecule has 3 heterocycles. The molecule has 5 nitrogen and oxygen atoms in total. The first kappa shape index (κ1) is 16.9. The van der Waals surface area contributed by atoms with Crippen LogP contribution in [-0.4, -0.2) is 16.0 Å². The van der Waals surface area contributed by atoms with E-state index in [1.165, 1.54) is 10.4 Å². The van der Waals surface area contributed by atoms with Crippen molar-refractivity contribution in [3.8, 4) is 0 Å². The van der Waals surface area contributed by atoms with Gasteiger partial charge in [0.1, 0.15) is 16.3 Å². The first-order chi connectivity index (χ1) is 11.5. The highest BCUT2D eigenvalue weighted by Gasteiger charge is 2.24. The van der Waals surface area contributed by atoms with Crippen LogP contribution in [0.15, 0.2) is 21.3 Å². The molecule has 0 aliphatic rings. The zero-order valence-electron chi connectivity index (χ0n) is 14.0. The molecule has 0 unspecified atom stereocenters. The molecule has 0 saturated heterocycles. The van der Waals surface area contributed by atoms with Crippen molar-refractivity contribution in [1.82, 2.24) is 15.5 Å². The molecule has 1 atom stereocenters. The van der Waals surface area contributed by atoms with Crippen molar-refractivity contribution >= 4 is 28.6 Å². The lowest BCUT2D eigenvalue weighted by Gasteiger charge is -2.16. The number of aryl methyl sites for hydroxylation is 4. The first-order valence-electron chi connectivity index (χ1n) is 7.64. The van der Waals surface area contributed by atoms with Crippen LogP contribution >= 0.6 is 22.7 Å². The van der Waals surface area contributed by atoms with Crippen molar-refractivity contribution < 1.29 is 9.32 Å². The molecule has 0 bridgehead atoms. The summed E-state index contributed by atoms with van der Waals surface area (Å²) >= 11 is 3.28. The van der Waals surface area contributed by atoms with E-state index in [0.717, 1.165) is 10.7 Å². The quantitative estimate of drug-likeness (QED) is 0.741. The third-order valence-corrected chi connectivity index (χ3v) is 5.85. The lowest BCUT2D eigenvalue weighted by Crippen LogP contribution is -2.30. The van der Waals surface area contributed by atoms with Gasteiger partial charge in [-0.2, -0.15) is 11.3 Å². The molecule has 7 heteroatoms. The molecule has 126 valence electrons. The minimum atomic E-state index is -0.169. The molecule has 0 radical (unpaired) electrons. The summed E-state index contributed by atoms with van der Waals surface area (Å²) in [4.78, 5) is 18.5. The highest BCUT2D eigenvalue weighted by Crippen LogP contribution is 2.27. The van der Waals surface area contributed by atoms with Gasteiger partial charge in [0.25, 0.3) is 5.91 Å². The van der Waals surface area contributed by atoms with Gasteiger partial charge in [-0.1, -0.05) is 5.16 Å². The minimum absolute atomic E-state index is 0.168. The Labute approximate surface area is 148 Å². The predicted molar refractivity (Wildman–Crippen MR) is 95.8 cm³/mol. The highest BCUT2D eigenvalue weighted by atomic mass is 32.1. The second-order valence-corrected chi connectivity index (χ2v) is 7.77. The van der Waals surface area contributed by atoms with Gasteiger partial charge in [-0.3, -0.25) is 4.79 Å². The Balaban J connectivity index is 1.88. The molecule has 24 heavy (non-hydrogen) atoms. The first-order valence-corrected chi connectivity index (χ1v) is 9.40. The second kappa shape index (κ2) is 6.86. The third kappa shape index (κ3) is 3.42. The summed E-state index contributed by atoms with van der Waals surface area (Å²) < 4.78 is 5.11. The summed E-state index contributed by atoms with van der Waals surface area (Å²) in [7, 11) is 0.